The lowest BCUT2D eigenvalue weighted by Gasteiger charge is -2.18. The van der Waals surface area contributed by atoms with Gasteiger partial charge in [0.25, 0.3) is 0 Å². The van der Waals surface area contributed by atoms with Gasteiger partial charge in [-0.15, -0.1) is 0 Å². The van der Waals surface area contributed by atoms with Crippen LogP contribution in [0.2, 0.25) is 0 Å². The minimum atomic E-state index is 0.913. The average molecular weight is 699 g/mol. The normalized spacial score (nSPS) is 11.6. The number of hydrogen-bond donors (Lipinski definition) is 0. The Morgan fingerprint density at radius 3 is 1.45 bits per heavy atom. The van der Waals surface area contributed by atoms with Crippen LogP contribution in [0.25, 0.3) is 110 Å². The number of benzene rings is 10. The molecule has 0 spiro atoms. The minimum Gasteiger partial charge on any atom is -0.455 e. The Bertz CT molecular complexity index is 3200. The van der Waals surface area contributed by atoms with E-state index in [1.807, 2.05) is 12.1 Å². The zero-order chi connectivity index (χ0) is 36.3. The van der Waals surface area contributed by atoms with Crippen molar-refractivity contribution >= 4 is 54.3 Å². The van der Waals surface area contributed by atoms with Crippen molar-refractivity contribution in [1.29, 1.82) is 0 Å². The van der Waals surface area contributed by atoms with Crippen molar-refractivity contribution in [2.45, 2.75) is 0 Å². The van der Waals surface area contributed by atoms with E-state index in [2.05, 4.69) is 194 Å². The standard InChI is InChI=1S/C54H34O/c1-2-13-38-33-41(31-28-35(38)12-1)40-15-9-14-39(32-40)36-26-29-37(30-27-36)52-46-19-3-5-21-48(46)53(49-22-6-4-20-47(49)52)43-17-10-16-42(34-43)44-23-11-24-50-45-18-7-8-25-51(45)55-54(44)50/h1-34H. The van der Waals surface area contributed by atoms with Gasteiger partial charge in [0.15, 0.2) is 0 Å². The minimum absolute atomic E-state index is 0.913. The second-order valence-corrected chi connectivity index (χ2v) is 14.4. The molecule has 1 heteroatoms. The molecule has 1 aromatic heterocycles. The smallest absolute Gasteiger partial charge is 0.143 e. The Labute approximate surface area is 319 Å². The Kier molecular flexibility index (Phi) is 7.25. The van der Waals surface area contributed by atoms with Crippen molar-refractivity contribution in [2.75, 3.05) is 0 Å². The molecule has 0 aliphatic rings. The van der Waals surface area contributed by atoms with Crippen molar-refractivity contribution in [3.8, 4) is 55.6 Å². The van der Waals surface area contributed by atoms with Gasteiger partial charge in [-0.2, -0.15) is 0 Å². The van der Waals surface area contributed by atoms with Gasteiger partial charge in [-0.3, -0.25) is 0 Å². The quantitative estimate of drug-likeness (QED) is 0.163. The molecule has 0 N–H and O–H groups in total. The molecule has 256 valence electrons. The molecule has 0 amide bonds. The molecule has 0 atom stereocenters. The molecule has 0 saturated carbocycles. The van der Waals surface area contributed by atoms with E-state index in [4.69, 9.17) is 4.42 Å². The van der Waals surface area contributed by atoms with E-state index >= 15 is 0 Å². The van der Waals surface area contributed by atoms with E-state index in [-0.39, 0.29) is 0 Å². The molecule has 1 heterocycles. The van der Waals surface area contributed by atoms with Crippen molar-refractivity contribution in [3.63, 3.8) is 0 Å². The first-order chi connectivity index (χ1) is 27.3. The number of furan rings is 1. The molecule has 10 aromatic carbocycles. The van der Waals surface area contributed by atoms with E-state index in [1.54, 1.807) is 0 Å². The molecule has 0 radical (unpaired) electrons. The topological polar surface area (TPSA) is 13.1 Å². The SMILES string of the molecule is c1cc(-c2ccc(-c3c4ccccc4c(-c4cccc(-c5cccc6c5oc5ccccc56)c4)c4ccccc34)cc2)cc(-c2ccc3ccccc3c2)c1. The summed E-state index contributed by atoms with van der Waals surface area (Å²) in [5.74, 6) is 0. The maximum Gasteiger partial charge on any atom is 0.143 e. The third kappa shape index (κ3) is 5.24. The summed E-state index contributed by atoms with van der Waals surface area (Å²) in [7, 11) is 0. The summed E-state index contributed by atoms with van der Waals surface area (Å²) in [6, 6.07) is 74.8. The fourth-order valence-electron chi connectivity index (χ4n) is 8.64. The maximum atomic E-state index is 6.47. The molecule has 0 unspecified atom stereocenters. The molecule has 0 aliphatic heterocycles. The van der Waals surface area contributed by atoms with Crippen LogP contribution in [0.15, 0.2) is 211 Å². The van der Waals surface area contributed by atoms with Crippen LogP contribution in [0, 0.1) is 0 Å². The molecule has 0 bridgehead atoms. The molecule has 55 heavy (non-hydrogen) atoms. The number of para-hydroxylation sites is 2. The first-order valence-electron chi connectivity index (χ1n) is 18.9. The van der Waals surface area contributed by atoms with Crippen molar-refractivity contribution in [3.05, 3.63) is 206 Å². The number of fused-ring (bicyclic) bond motifs is 6. The maximum absolute atomic E-state index is 6.47. The Balaban J connectivity index is 1.02. The van der Waals surface area contributed by atoms with Crippen LogP contribution >= 0.6 is 0 Å². The molecule has 0 fully saturated rings. The Morgan fingerprint density at radius 1 is 0.255 bits per heavy atom. The second-order valence-electron chi connectivity index (χ2n) is 14.4. The van der Waals surface area contributed by atoms with Gasteiger partial charge in [-0.25, -0.2) is 0 Å². The zero-order valence-corrected chi connectivity index (χ0v) is 30.0. The van der Waals surface area contributed by atoms with E-state index in [0.717, 1.165) is 33.1 Å². The van der Waals surface area contributed by atoms with E-state index in [1.165, 1.54) is 76.8 Å². The van der Waals surface area contributed by atoms with Gasteiger partial charge in [0.05, 0.1) is 0 Å². The predicted octanol–water partition coefficient (Wildman–Crippen LogP) is 15.4. The van der Waals surface area contributed by atoms with Crippen LogP contribution in [0.5, 0.6) is 0 Å². The number of rotatable bonds is 5. The van der Waals surface area contributed by atoms with E-state index in [0.29, 0.717) is 0 Å². The lowest BCUT2D eigenvalue weighted by atomic mass is 9.85. The zero-order valence-electron chi connectivity index (χ0n) is 30.0. The average Bonchev–Trinajstić information content (AvgIpc) is 3.64. The Morgan fingerprint density at radius 2 is 0.727 bits per heavy atom. The summed E-state index contributed by atoms with van der Waals surface area (Å²) in [4.78, 5) is 0. The van der Waals surface area contributed by atoms with Gasteiger partial charge in [-0.1, -0.05) is 182 Å². The van der Waals surface area contributed by atoms with Gasteiger partial charge in [-0.05, 0) is 107 Å². The molecule has 1 nitrogen and oxygen atoms in total. The van der Waals surface area contributed by atoms with E-state index in [9.17, 15) is 0 Å². The van der Waals surface area contributed by atoms with Crippen LogP contribution < -0.4 is 0 Å². The molecular weight excluding hydrogens is 665 g/mol. The van der Waals surface area contributed by atoms with Gasteiger partial charge in [0.2, 0.25) is 0 Å². The van der Waals surface area contributed by atoms with Crippen LogP contribution in [0.1, 0.15) is 0 Å². The summed E-state index contributed by atoms with van der Waals surface area (Å²) in [6.45, 7) is 0. The molecular formula is C54H34O. The van der Waals surface area contributed by atoms with Crippen molar-refractivity contribution < 1.29 is 4.42 Å². The van der Waals surface area contributed by atoms with Gasteiger partial charge >= 0.3 is 0 Å². The fraction of sp³-hybridized carbons (Fsp3) is 0. The first-order valence-corrected chi connectivity index (χ1v) is 18.9. The van der Waals surface area contributed by atoms with Gasteiger partial charge < -0.3 is 4.42 Å². The largest absolute Gasteiger partial charge is 0.455 e. The van der Waals surface area contributed by atoms with Crippen molar-refractivity contribution in [1.82, 2.24) is 0 Å². The van der Waals surface area contributed by atoms with Crippen molar-refractivity contribution in [2.24, 2.45) is 0 Å². The van der Waals surface area contributed by atoms with Crippen LogP contribution in [-0.4, -0.2) is 0 Å². The highest BCUT2D eigenvalue weighted by molar-refractivity contribution is 6.21. The lowest BCUT2D eigenvalue weighted by Crippen LogP contribution is -1.91. The third-order valence-electron chi connectivity index (χ3n) is 11.3. The summed E-state index contributed by atoms with van der Waals surface area (Å²) >= 11 is 0. The van der Waals surface area contributed by atoms with E-state index < -0.39 is 0 Å². The van der Waals surface area contributed by atoms with Gasteiger partial charge in [0, 0.05) is 16.3 Å². The second kappa shape index (κ2) is 12.7. The molecule has 11 aromatic rings. The summed E-state index contributed by atoms with van der Waals surface area (Å²) in [5, 5.41) is 9.77. The summed E-state index contributed by atoms with van der Waals surface area (Å²) in [5.41, 5.74) is 13.8. The van der Waals surface area contributed by atoms with Gasteiger partial charge in [0.1, 0.15) is 11.2 Å². The third-order valence-corrected chi connectivity index (χ3v) is 11.3. The fourth-order valence-corrected chi connectivity index (χ4v) is 8.64. The molecule has 11 rings (SSSR count). The monoisotopic (exact) mass is 698 g/mol. The van der Waals surface area contributed by atoms with Crippen LogP contribution in [-0.2, 0) is 0 Å². The molecule has 0 aliphatic carbocycles. The first kappa shape index (κ1) is 31.3. The Hall–Kier alpha value is -7.22. The van der Waals surface area contributed by atoms with Crippen LogP contribution in [0.4, 0.5) is 0 Å². The molecule has 0 saturated heterocycles. The summed E-state index contributed by atoms with van der Waals surface area (Å²) < 4.78 is 6.47. The highest BCUT2D eigenvalue weighted by Crippen LogP contribution is 2.45. The highest BCUT2D eigenvalue weighted by Gasteiger charge is 2.18. The highest BCUT2D eigenvalue weighted by atomic mass is 16.3. The predicted molar refractivity (Wildman–Crippen MR) is 233 cm³/mol. The van der Waals surface area contributed by atoms with Crippen LogP contribution in [0.3, 0.4) is 0 Å². The summed E-state index contributed by atoms with van der Waals surface area (Å²) in [6.07, 6.45) is 0. The number of hydrogen-bond acceptors (Lipinski definition) is 1. The lowest BCUT2D eigenvalue weighted by molar-refractivity contribution is 0.670.